The van der Waals surface area contributed by atoms with Crippen molar-refractivity contribution in [1.82, 2.24) is 0 Å². The van der Waals surface area contributed by atoms with E-state index in [9.17, 15) is 0 Å². The Morgan fingerprint density at radius 3 is 2.00 bits per heavy atom. The van der Waals surface area contributed by atoms with Crippen molar-refractivity contribution < 1.29 is 8.22 Å². The van der Waals surface area contributed by atoms with Crippen molar-refractivity contribution in [3.63, 3.8) is 0 Å². The van der Waals surface area contributed by atoms with E-state index in [0.29, 0.717) is 5.92 Å². The SMILES string of the molecule is [2H]C([2H])([2H])C(C)c1cccc(N2c3cc(C(C)C([2H])([2H])[2H])ccc3B3c4cc5c6c(sc5cc4N(c4ccc(C(C)(C)C)cc4)c4cc(N5c7ccc(C8CCCCC8)cc7C7(C)CCCCC57C)cc2c43)C(C)(C)CCC6(C)C)c1. The van der Waals surface area contributed by atoms with Gasteiger partial charge in [-0.05, 0) is 189 Å². The van der Waals surface area contributed by atoms with Crippen molar-refractivity contribution in [1.29, 1.82) is 0 Å². The molecule has 1 aromatic heterocycles. The normalized spacial score (nSPS) is 24.8. The van der Waals surface area contributed by atoms with Gasteiger partial charge in [0.15, 0.2) is 0 Å². The van der Waals surface area contributed by atoms with Gasteiger partial charge >= 0.3 is 0 Å². The number of hydrogen-bond donors (Lipinski definition) is 0. The zero-order valence-corrected chi connectivity index (χ0v) is 47.5. The Hall–Kier alpha value is -5.26. The van der Waals surface area contributed by atoms with Crippen molar-refractivity contribution in [2.24, 2.45) is 0 Å². The third-order valence-electron chi connectivity index (χ3n) is 20.1. The Balaban J connectivity index is 1.16. The van der Waals surface area contributed by atoms with Crippen LogP contribution in [0.1, 0.15) is 225 Å². The summed E-state index contributed by atoms with van der Waals surface area (Å²) in [5.41, 5.74) is 19.0. The summed E-state index contributed by atoms with van der Waals surface area (Å²) in [5, 5.41) is 1.34. The third kappa shape index (κ3) is 7.38. The second-order valence-electron chi connectivity index (χ2n) is 26.9. The summed E-state index contributed by atoms with van der Waals surface area (Å²) in [6.45, 7) is 20.7. The van der Waals surface area contributed by atoms with Gasteiger partial charge in [0, 0.05) is 68.7 Å². The van der Waals surface area contributed by atoms with Gasteiger partial charge in [0.25, 0.3) is 6.71 Å². The molecule has 13 rings (SSSR count). The lowest BCUT2D eigenvalue weighted by Gasteiger charge is -2.51. The molecule has 4 heterocycles. The van der Waals surface area contributed by atoms with E-state index in [0.717, 1.165) is 82.8 Å². The molecule has 0 saturated heterocycles. The second kappa shape index (κ2) is 17.1. The van der Waals surface area contributed by atoms with E-state index in [2.05, 4.69) is 174 Å². The molecule has 0 amide bonds. The highest BCUT2D eigenvalue weighted by Crippen LogP contribution is 2.63. The first-order chi connectivity index (χ1) is 38.1. The topological polar surface area (TPSA) is 9.72 Å². The minimum atomic E-state index is -2.23. The van der Waals surface area contributed by atoms with Crippen molar-refractivity contribution >= 4 is 90.0 Å². The maximum Gasteiger partial charge on any atom is 0.252 e. The highest BCUT2D eigenvalue weighted by atomic mass is 32.1. The number of hydrogen-bond acceptors (Lipinski definition) is 4. The number of anilines is 8. The van der Waals surface area contributed by atoms with Gasteiger partial charge in [-0.15, -0.1) is 11.3 Å². The molecule has 6 aromatic carbocycles. The highest BCUT2D eigenvalue weighted by molar-refractivity contribution is 7.19. The van der Waals surface area contributed by atoms with Crippen LogP contribution in [0.5, 0.6) is 0 Å². The number of thiophene rings is 1. The first-order valence-electron chi connectivity index (χ1n) is 31.8. The average molecular weight is 1010 g/mol. The number of fused-ring (bicyclic) bond motifs is 10. The molecular formula is C70H82BN3S. The lowest BCUT2D eigenvalue weighted by molar-refractivity contribution is 0.195. The summed E-state index contributed by atoms with van der Waals surface area (Å²) in [5.74, 6) is -0.856. The fraction of sp³-hybridized carbons (Fsp3) is 0.457. The molecular weight excluding hydrogens is 926 g/mol. The Morgan fingerprint density at radius 2 is 1.28 bits per heavy atom. The molecule has 7 aromatic rings. The van der Waals surface area contributed by atoms with Crippen molar-refractivity contribution in [3.8, 4) is 0 Å². The molecule has 0 bridgehead atoms. The molecule has 386 valence electrons. The number of rotatable bonds is 6. The Labute approximate surface area is 463 Å². The van der Waals surface area contributed by atoms with Gasteiger partial charge < -0.3 is 14.7 Å². The van der Waals surface area contributed by atoms with Crippen LogP contribution < -0.4 is 31.1 Å². The third-order valence-corrected chi connectivity index (χ3v) is 21.7. The minimum absolute atomic E-state index is 0.0160. The van der Waals surface area contributed by atoms with Crippen LogP contribution in [-0.4, -0.2) is 12.3 Å². The largest absolute Gasteiger partial charge is 0.334 e. The predicted octanol–water partition coefficient (Wildman–Crippen LogP) is 18.7. The van der Waals surface area contributed by atoms with Crippen LogP contribution in [0.2, 0.25) is 0 Å². The van der Waals surface area contributed by atoms with Gasteiger partial charge in [0.05, 0.1) is 5.54 Å². The van der Waals surface area contributed by atoms with E-state index in [-0.39, 0.29) is 33.9 Å². The molecule has 4 unspecified atom stereocenters. The van der Waals surface area contributed by atoms with Gasteiger partial charge in [-0.2, -0.15) is 0 Å². The molecule has 0 spiro atoms. The van der Waals surface area contributed by atoms with E-state index < -0.39 is 25.5 Å². The summed E-state index contributed by atoms with van der Waals surface area (Å²) in [7, 11) is 0. The molecule has 4 atom stereocenters. The predicted molar refractivity (Wildman–Crippen MR) is 327 cm³/mol. The van der Waals surface area contributed by atoms with Gasteiger partial charge in [-0.25, -0.2) is 0 Å². The van der Waals surface area contributed by atoms with E-state index in [4.69, 9.17) is 8.22 Å². The first-order valence-corrected chi connectivity index (χ1v) is 29.6. The van der Waals surface area contributed by atoms with E-state index in [1.807, 2.05) is 37.3 Å². The van der Waals surface area contributed by atoms with Gasteiger partial charge in [0.2, 0.25) is 0 Å². The fourth-order valence-corrected chi connectivity index (χ4v) is 17.0. The highest BCUT2D eigenvalue weighted by Gasteiger charge is 2.58. The molecule has 2 fully saturated rings. The summed E-state index contributed by atoms with van der Waals surface area (Å²) in [6, 6.07) is 41.7. The van der Waals surface area contributed by atoms with Crippen LogP contribution in [-0.2, 0) is 21.7 Å². The summed E-state index contributed by atoms with van der Waals surface area (Å²) in [4.78, 5) is 9.21. The lowest BCUT2D eigenvalue weighted by Crippen LogP contribution is -2.61. The Bertz CT molecular complexity index is 3670. The van der Waals surface area contributed by atoms with Crippen LogP contribution >= 0.6 is 11.3 Å². The molecule has 3 nitrogen and oxygen atoms in total. The van der Waals surface area contributed by atoms with E-state index in [1.54, 1.807) is 0 Å². The molecule has 5 heteroatoms. The van der Waals surface area contributed by atoms with Crippen LogP contribution in [0.15, 0.2) is 109 Å². The maximum atomic E-state index is 8.76. The number of nitrogens with zero attached hydrogens (tertiary/aromatic N) is 3. The quantitative estimate of drug-likeness (QED) is 0.154. The fourth-order valence-electron chi connectivity index (χ4n) is 15.4. The van der Waals surface area contributed by atoms with Crippen LogP contribution in [0.4, 0.5) is 45.5 Å². The molecule has 0 radical (unpaired) electrons. The second-order valence-corrected chi connectivity index (χ2v) is 27.9. The van der Waals surface area contributed by atoms with Gasteiger partial charge in [-0.3, -0.25) is 0 Å². The summed E-state index contributed by atoms with van der Waals surface area (Å²) < 4.78 is 53.5. The van der Waals surface area contributed by atoms with Crippen molar-refractivity contribution in [2.75, 3.05) is 14.7 Å². The number of benzene rings is 6. The van der Waals surface area contributed by atoms with E-state index in [1.165, 1.54) is 98.0 Å². The average Bonchev–Trinajstić information content (AvgIpc) is 3.86. The molecule has 3 aliphatic heterocycles. The Morgan fingerprint density at radius 1 is 0.600 bits per heavy atom. The molecule has 6 aliphatic rings. The van der Waals surface area contributed by atoms with Crippen LogP contribution in [0.3, 0.4) is 0 Å². The van der Waals surface area contributed by atoms with Gasteiger partial charge in [0.1, 0.15) is 0 Å². The zero-order chi connectivity index (χ0) is 57.3. The first kappa shape index (κ1) is 42.8. The standard InChI is InChI=1S/C70H82BN3S/c1-43(2)46-22-19-23-51(36-46)73-58-38-47(44(3)4)24-30-55(58)71-56-41-53-62(75-65-63(53)67(8,9)34-35-68(65,10)11)42-59(56)72(50-28-26-49(27-29-50)66(5,6)7)60-39-52(40-61(73)64(60)71)74-57-31-25-48(45-20-15-14-16-21-45)37-54(57)69(12)32-17-18-33-70(69,74)13/h19,22-31,36-45H,14-18,20-21,32-35H2,1-13H3/i1D3,3D3. The van der Waals surface area contributed by atoms with Gasteiger partial charge in [-0.1, -0.05) is 170 Å². The minimum Gasteiger partial charge on any atom is -0.334 e. The van der Waals surface area contributed by atoms with E-state index >= 15 is 0 Å². The monoisotopic (exact) mass is 1010 g/mol. The molecule has 2 saturated carbocycles. The Kier molecular flexibility index (Phi) is 9.77. The lowest BCUT2D eigenvalue weighted by atomic mass is 9.33. The maximum absolute atomic E-state index is 8.76. The molecule has 3 aliphatic carbocycles. The smallest absolute Gasteiger partial charge is 0.252 e. The summed E-state index contributed by atoms with van der Waals surface area (Å²) >= 11 is 1.99. The molecule has 75 heavy (non-hydrogen) atoms. The molecule has 0 N–H and O–H groups in total. The van der Waals surface area contributed by atoms with Crippen molar-refractivity contribution in [3.05, 3.63) is 147 Å². The summed E-state index contributed by atoms with van der Waals surface area (Å²) in [6.07, 6.45) is 13.2. The van der Waals surface area contributed by atoms with Crippen LogP contribution in [0, 0.1) is 0 Å². The van der Waals surface area contributed by atoms with Crippen LogP contribution in [0.25, 0.3) is 10.1 Å². The zero-order valence-electron chi connectivity index (χ0n) is 52.7. The van der Waals surface area contributed by atoms with Crippen molar-refractivity contribution in [2.45, 2.75) is 205 Å².